The van der Waals surface area contributed by atoms with E-state index < -0.39 is 0 Å². The molecule has 1 saturated heterocycles. The normalized spacial score (nSPS) is 21.8. The number of nitrogen functional groups attached to an aromatic ring is 1. The van der Waals surface area contributed by atoms with Crippen LogP contribution >= 0.6 is 17.0 Å². The Morgan fingerprint density at radius 1 is 1.06 bits per heavy atom. The number of likely N-dealkylation sites (tertiary alicyclic amines) is 1. The van der Waals surface area contributed by atoms with Crippen molar-refractivity contribution in [2.75, 3.05) is 18.8 Å². The summed E-state index contributed by atoms with van der Waals surface area (Å²) in [5.74, 6) is 2.05. The molecule has 196 valence electrons. The maximum atomic E-state index is 13.4. The summed E-state index contributed by atoms with van der Waals surface area (Å²) in [5, 5.41) is 19.7. The molecule has 1 aliphatic heterocycles. The summed E-state index contributed by atoms with van der Waals surface area (Å²) < 4.78 is 6.14. The summed E-state index contributed by atoms with van der Waals surface area (Å²) >= 11 is 0. The van der Waals surface area contributed by atoms with E-state index >= 15 is 0 Å². The highest BCUT2D eigenvalue weighted by atomic mass is 79.9. The summed E-state index contributed by atoms with van der Waals surface area (Å²) in [4.78, 5) is 15.3. The van der Waals surface area contributed by atoms with Gasteiger partial charge in [-0.2, -0.15) is 0 Å². The van der Waals surface area contributed by atoms with Gasteiger partial charge in [0.1, 0.15) is 11.5 Å². The molecular formula is C29H40BrN3O3. The average Bonchev–Trinajstić information content (AvgIpc) is 3.26. The molecule has 2 aliphatic rings. The van der Waals surface area contributed by atoms with E-state index in [1.807, 2.05) is 82.8 Å². The SMILES string of the molecule is Br.CC(C)(C)c1cc(C(=O)CN2C[C@@H]3C[C@@H](Oc4ccc(N)cc4)C[C@@H]3C2=N)cc(C(C)(C)C)c1O. The maximum Gasteiger partial charge on any atom is 0.182 e. The number of fused-ring (bicyclic) bond motifs is 1. The number of hydrogen-bond donors (Lipinski definition) is 3. The first-order valence-corrected chi connectivity index (χ1v) is 12.5. The van der Waals surface area contributed by atoms with Gasteiger partial charge in [-0.25, -0.2) is 0 Å². The van der Waals surface area contributed by atoms with Crippen molar-refractivity contribution in [2.24, 2.45) is 11.8 Å². The predicted molar refractivity (Wildman–Crippen MR) is 151 cm³/mol. The molecule has 0 unspecified atom stereocenters. The fourth-order valence-corrected chi connectivity index (χ4v) is 5.41. The molecule has 0 amide bonds. The first kappa shape index (κ1) is 28.0. The number of carbonyl (C=O) groups is 1. The number of phenols is 1. The Labute approximate surface area is 225 Å². The number of nitrogens with zero attached hydrogens (tertiary/aromatic N) is 1. The van der Waals surface area contributed by atoms with Crippen molar-refractivity contribution >= 4 is 34.3 Å². The average molecular weight is 559 g/mol. The molecule has 1 saturated carbocycles. The molecule has 3 atom stereocenters. The third-order valence-electron chi connectivity index (χ3n) is 7.36. The van der Waals surface area contributed by atoms with E-state index in [-0.39, 0.29) is 57.9 Å². The van der Waals surface area contributed by atoms with Gasteiger partial charge >= 0.3 is 0 Å². The molecule has 0 radical (unpaired) electrons. The van der Waals surface area contributed by atoms with Gasteiger partial charge in [-0.15, -0.1) is 17.0 Å². The highest BCUT2D eigenvalue weighted by Gasteiger charge is 2.46. The van der Waals surface area contributed by atoms with E-state index in [0.29, 0.717) is 29.5 Å². The smallest absolute Gasteiger partial charge is 0.182 e. The van der Waals surface area contributed by atoms with Crippen LogP contribution in [0.4, 0.5) is 5.69 Å². The van der Waals surface area contributed by atoms with Crippen LogP contribution < -0.4 is 10.5 Å². The van der Waals surface area contributed by atoms with Crippen LogP contribution in [0.15, 0.2) is 36.4 Å². The molecule has 2 aromatic carbocycles. The van der Waals surface area contributed by atoms with Crippen molar-refractivity contribution in [1.82, 2.24) is 4.90 Å². The number of Topliss-reactive ketones (excluding diaryl/α,β-unsaturated/α-hetero) is 1. The van der Waals surface area contributed by atoms with Gasteiger partial charge in [0.05, 0.1) is 18.5 Å². The van der Waals surface area contributed by atoms with Gasteiger partial charge in [0, 0.05) is 34.8 Å². The summed E-state index contributed by atoms with van der Waals surface area (Å²) in [5.41, 5.74) is 8.05. The van der Waals surface area contributed by atoms with Gasteiger partial charge in [0.25, 0.3) is 0 Å². The fraction of sp³-hybridized carbons (Fsp3) is 0.517. The molecule has 36 heavy (non-hydrogen) atoms. The number of anilines is 1. The molecule has 0 bridgehead atoms. The Morgan fingerprint density at radius 2 is 1.61 bits per heavy atom. The van der Waals surface area contributed by atoms with Gasteiger partial charge in [-0.05, 0) is 66.0 Å². The minimum atomic E-state index is -0.294. The Morgan fingerprint density at radius 3 is 2.11 bits per heavy atom. The standard InChI is InChI=1S/C29H39N3O3.BrH/c1-28(2,3)23-12-17(13-24(26(23)34)29(4,5)6)25(33)16-32-15-18-11-21(14-22(18)27(32)31)35-20-9-7-19(30)8-10-20;/h7-10,12-13,18,21-22,31,34H,11,14-16,30H2,1-6H3;1H/t18-,21+,22-;/m0./s1. The molecule has 2 aromatic rings. The van der Waals surface area contributed by atoms with Crippen LogP contribution in [0, 0.1) is 17.2 Å². The quantitative estimate of drug-likeness (QED) is 0.304. The summed E-state index contributed by atoms with van der Waals surface area (Å²) in [6.45, 7) is 13.2. The molecule has 1 aliphatic carbocycles. The first-order chi connectivity index (χ1) is 16.2. The summed E-state index contributed by atoms with van der Waals surface area (Å²) in [6, 6.07) is 11.1. The van der Waals surface area contributed by atoms with Crippen molar-refractivity contribution in [2.45, 2.75) is 71.3 Å². The molecule has 2 fully saturated rings. The highest BCUT2D eigenvalue weighted by Crippen LogP contribution is 2.42. The van der Waals surface area contributed by atoms with E-state index in [9.17, 15) is 9.90 Å². The lowest BCUT2D eigenvalue weighted by Gasteiger charge is -2.28. The van der Waals surface area contributed by atoms with Crippen molar-refractivity contribution < 1.29 is 14.6 Å². The highest BCUT2D eigenvalue weighted by molar-refractivity contribution is 8.93. The number of benzene rings is 2. The van der Waals surface area contributed by atoms with Gasteiger partial charge in [0.15, 0.2) is 5.78 Å². The zero-order valence-electron chi connectivity index (χ0n) is 22.2. The number of phenolic OH excluding ortho intramolecular Hbond substituents is 1. The van der Waals surface area contributed by atoms with Crippen molar-refractivity contribution in [3.8, 4) is 11.5 Å². The number of aromatic hydroxyl groups is 1. The number of amidine groups is 1. The van der Waals surface area contributed by atoms with Crippen LogP contribution in [0.25, 0.3) is 0 Å². The van der Waals surface area contributed by atoms with E-state index in [1.165, 1.54) is 0 Å². The van der Waals surface area contributed by atoms with Gasteiger partial charge in [0.2, 0.25) is 0 Å². The number of rotatable bonds is 5. The molecule has 7 heteroatoms. The Bertz CT molecular complexity index is 1100. The second-order valence-electron chi connectivity index (χ2n) is 12.3. The fourth-order valence-electron chi connectivity index (χ4n) is 5.41. The second-order valence-corrected chi connectivity index (χ2v) is 12.3. The lowest BCUT2D eigenvalue weighted by molar-refractivity contribution is 0.0962. The maximum absolute atomic E-state index is 13.4. The lowest BCUT2D eigenvalue weighted by Crippen LogP contribution is -2.34. The molecule has 0 spiro atoms. The Kier molecular flexibility index (Phi) is 7.85. The van der Waals surface area contributed by atoms with Crippen LogP contribution in [0.3, 0.4) is 0 Å². The number of nitrogens with one attached hydrogen (secondary N) is 1. The number of carbonyl (C=O) groups excluding carboxylic acids is 1. The molecule has 1 heterocycles. The monoisotopic (exact) mass is 557 g/mol. The van der Waals surface area contributed by atoms with Crippen molar-refractivity contribution in [3.05, 3.63) is 53.1 Å². The van der Waals surface area contributed by atoms with E-state index in [2.05, 4.69) is 0 Å². The minimum absolute atomic E-state index is 0. The lowest BCUT2D eigenvalue weighted by atomic mass is 9.78. The van der Waals surface area contributed by atoms with Crippen LogP contribution in [-0.2, 0) is 10.8 Å². The third-order valence-corrected chi connectivity index (χ3v) is 7.36. The van der Waals surface area contributed by atoms with Gasteiger partial charge in [-0.1, -0.05) is 41.5 Å². The van der Waals surface area contributed by atoms with Crippen molar-refractivity contribution in [1.29, 1.82) is 5.41 Å². The zero-order valence-corrected chi connectivity index (χ0v) is 23.9. The summed E-state index contributed by atoms with van der Waals surface area (Å²) in [7, 11) is 0. The molecule has 4 N–H and O–H groups in total. The molecule has 6 nitrogen and oxygen atoms in total. The Balaban J connectivity index is 0.00000361. The topological polar surface area (TPSA) is 99.6 Å². The zero-order chi connectivity index (χ0) is 25.7. The number of ketones is 1. The molecular weight excluding hydrogens is 518 g/mol. The van der Waals surface area contributed by atoms with Crippen LogP contribution in [0.5, 0.6) is 11.5 Å². The minimum Gasteiger partial charge on any atom is -0.507 e. The number of ether oxygens (including phenoxy) is 1. The largest absolute Gasteiger partial charge is 0.507 e. The van der Waals surface area contributed by atoms with Crippen LogP contribution in [-0.4, -0.2) is 40.8 Å². The van der Waals surface area contributed by atoms with E-state index in [0.717, 1.165) is 29.7 Å². The number of halogens is 1. The van der Waals surface area contributed by atoms with Gasteiger partial charge in [-0.3, -0.25) is 10.2 Å². The van der Waals surface area contributed by atoms with Crippen LogP contribution in [0.2, 0.25) is 0 Å². The van der Waals surface area contributed by atoms with Gasteiger partial charge < -0.3 is 20.5 Å². The van der Waals surface area contributed by atoms with E-state index in [1.54, 1.807) is 0 Å². The third kappa shape index (κ3) is 5.72. The summed E-state index contributed by atoms with van der Waals surface area (Å²) in [6.07, 6.45) is 1.75. The predicted octanol–water partition coefficient (Wildman–Crippen LogP) is 6.10. The van der Waals surface area contributed by atoms with E-state index in [4.69, 9.17) is 15.9 Å². The molecule has 0 aromatic heterocycles. The van der Waals surface area contributed by atoms with Crippen molar-refractivity contribution in [3.63, 3.8) is 0 Å². The number of hydrogen-bond acceptors (Lipinski definition) is 5. The first-order valence-electron chi connectivity index (χ1n) is 12.5. The number of nitrogens with two attached hydrogens (primary N) is 1. The Hall–Kier alpha value is -2.54. The second kappa shape index (κ2) is 10.1. The molecule has 4 rings (SSSR count). The van der Waals surface area contributed by atoms with Crippen LogP contribution in [0.1, 0.15) is 75.9 Å².